The fraction of sp³-hybridized carbons (Fsp3) is 0.308. The first-order valence-corrected chi connectivity index (χ1v) is 6.20. The standard InChI is InChI=1S/C13H14FN3O4/c1-21-13(20)8-4-7(14)2-3-9(8)17-12(19)10-5-16-11(18)6-15-10/h2-4,10,15H,5-6H2,1H3,(H,16,18)(H,17,19). The molecule has 1 heterocycles. The molecule has 2 amide bonds. The Labute approximate surface area is 119 Å². The second kappa shape index (κ2) is 6.31. The predicted molar refractivity (Wildman–Crippen MR) is 71.2 cm³/mol. The Bertz CT molecular complexity index is 581. The highest BCUT2D eigenvalue weighted by molar-refractivity contribution is 6.03. The van der Waals surface area contributed by atoms with Crippen molar-refractivity contribution in [3.8, 4) is 0 Å². The molecule has 3 N–H and O–H groups in total. The molecule has 1 aliphatic rings. The molecule has 0 saturated carbocycles. The summed E-state index contributed by atoms with van der Waals surface area (Å²) in [6.07, 6.45) is 0. The molecule has 1 aromatic carbocycles. The smallest absolute Gasteiger partial charge is 0.340 e. The van der Waals surface area contributed by atoms with Gasteiger partial charge in [-0.1, -0.05) is 0 Å². The van der Waals surface area contributed by atoms with E-state index in [1.807, 2.05) is 0 Å². The number of anilines is 1. The molecule has 112 valence electrons. The van der Waals surface area contributed by atoms with Gasteiger partial charge in [0.05, 0.1) is 24.9 Å². The van der Waals surface area contributed by atoms with Gasteiger partial charge in [0, 0.05) is 6.54 Å². The Balaban J connectivity index is 2.13. The summed E-state index contributed by atoms with van der Waals surface area (Å²) in [6.45, 7) is 0.171. The van der Waals surface area contributed by atoms with Gasteiger partial charge in [0.1, 0.15) is 11.9 Å². The Morgan fingerprint density at radius 2 is 2.19 bits per heavy atom. The van der Waals surface area contributed by atoms with E-state index in [1.165, 1.54) is 6.07 Å². The molecule has 8 heteroatoms. The molecule has 7 nitrogen and oxygen atoms in total. The van der Waals surface area contributed by atoms with Crippen LogP contribution in [0, 0.1) is 5.82 Å². The van der Waals surface area contributed by atoms with Gasteiger partial charge in [-0.25, -0.2) is 9.18 Å². The molecule has 21 heavy (non-hydrogen) atoms. The molecule has 1 saturated heterocycles. The molecule has 0 radical (unpaired) electrons. The van der Waals surface area contributed by atoms with E-state index in [-0.39, 0.29) is 30.2 Å². The van der Waals surface area contributed by atoms with E-state index in [4.69, 9.17) is 0 Å². The highest BCUT2D eigenvalue weighted by Crippen LogP contribution is 2.18. The maximum atomic E-state index is 13.2. The quantitative estimate of drug-likeness (QED) is 0.662. The average molecular weight is 295 g/mol. The third kappa shape index (κ3) is 3.54. The SMILES string of the molecule is COC(=O)c1cc(F)ccc1NC(=O)C1CNC(=O)CN1. The lowest BCUT2D eigenvalue weighted by molar-refractivity contribution is -0.124. The first-order chi connectivity index (χ1) is 10.0. The molecular formula is C13H14FN3O4. The van der Waals surface area contributed by atoms with E-state index in [9.17, 15) is 18.8 Å². The van der Waals surface area contributed by atoms with E-state index in [1.54, 1.807) is 0 Å². The van der Waals surface area contributed by atoms with Crippen LogP contribution in [0.1, 0.15) is 10.4 Å². The van der Waals surface area contributed by atoms with Crippen LogP contribution < -0.4 is 16.0 Å². The lowest BCUT2D eigenvalue weighted by Crippen LogP contribution is -2.56. The van der Waals surface area contributed by atoms with Crippen LogP contribution in [0.4, 0.5) is 10.1 Å². The van der Waals surface area contributed by atoms with E-state index < -0.39 is 23.7 Å². The summed E-state index contributed by atoms with van der Waals surface area (Å²) in [5, 5.41) is 7.81. The first kappa shape index (κ1) is 14.9. The highest BCUT2D eigenvalue weighted by Gasteiger charge is 2.25. The van der Waals surface area contributed by atoms with Gasteiger partial charge in [-0.2, -0.15) is 0 Å². The minimum atomic E-state index is -0.755. The van der Waals surface area contributed by atoms with Gasteiger partial charge >= 0.3 is 5.97 Å². The largest absolute Gasteiger partial charge is 0.465 e. The van der Waals surface area contributed by atoms with Crippen molar-refractivity contribution in [3.63, 3.8) is 0 Å². The number of benzene rings is 1. The van der Waals surface area contributed by atoms with Crippen molar-refractivity contribution in [2.24, 2.45) is 0 Å². The molecule has 1 atom stereocenters. The normalized spacial score (nSPS) is 17.8. The van der Waals surface area contributed by atoms with Crippen LogP contribution in [0.2, 0.25) is 0 Å². The summed E-state index contributed by atoms with van der Waals surface area (Å²) in [5.74, 6) is -2.01. The van der Waals surface area contributed by atoms with E-state index in [2.05, 4.69) is 20.7 Å². The van der Waals surface area contributed by atoms with Crippen LogP contribution in [0.25, 0.3) is 0 Å². The number of piperazine rings is 1. The number of methoxy groups -OCH3 is 1. The fourth-order valence-electron chi connectivity index (χ4n) is 1.88. The van der Waals surface area contributed by atoms with Crippen molar-refractivity contribution in [1.29, 1.82) is 0 Å². The van der Waals surface area contributed by atoms with Gasteiger partial charge in [-0.15, -0.1) is 0 Å². The Kier molecular flexibility index (Phi) is 4.49. The fourth-order valence-corrected chi connectivity index (χ4v) is 1.88. The number of rotatable bonds is 3. The minimum Gasteiger partial charge on any atom is -0.465 e. The highest BCUT2D eigenvalue weighted by atomic mass is 19.1. The summed E-state index contributed by atoms with van der Waals surface area (Å²) in [5.41, 5.74) is 0.0673. The van der Waals surface area contributed by atoms with Crippen LogP contribution >= 0.6 is 0 Å². The van der Waals surface area contributed by atoms with Crippen molar-refractivity contribution in [3.05, 3.63) is 29.6 Å². The van der Waals surface area contributed by atoms with E-state index in [0.717, 1.165) is 19.2 Å². The number of ether oxygens (including phenoxy) is 1. The molecule has 0 bridgehead atoms. The average Bonchev–Trinajstić information content (AvgIpc) is 2.48. The minimum absolute atomic E-state index is 0.0331. The van der Waals surface area contributed by atoms with Crippen molar-refractivity contribution in [1.82, 2.24) is 10.6 Å². The summed E-state index contributed by atoms with van der Waals surface area (Å²) in [6, 6.07) is 2.76. The molecular weight excluding hydrogens is 281 g/mol. The number of esters is 1. The molecule has 2 rings (SSSR count). The number of hydrogen-bond donors (Lipinski definition) is 3. The van der Waals surface area contributed by atoms with Crippen LogP contribution in [-0.4, -0.2) is 44.0 Å². The van der Waals surface area contributed by atoms with Crippen LogP contribution in [0.3, 0.4) is 0 Å². The van der Waals surface area contributed by atoms with E-state index in [0.29, 0.717) is 0 Å². The van der Waals surface area contributed by atoms with Crippen molar-refractivity contribution < 1.29 is 23.5 Å². The topological polar surface area (TPSA) is 96.5 Å². The second-order valence-electron chi connectivity index (χ2n) is 4.41. The third-order valence-electron chi connectivity index (χ3n) is 2.97. The lowest BCUT2D eigenvalue weighted by Gasteiger charge is -2.23. The number of amides is 2. The molecule has 0 spiro atoms. The molecule has 0 aromatic heterocycles. The van der Waals surface area contributed by atoms with Gasteiger partial charge in [0.15, 0.2) is 0 Å². The molecule has 1 fully saturated rings. The Hall–Kier alpha value is -2.48. The van der Waals surface area contributed by atoms with Crippen LogP contribution in [0.5, 0.6) is 0 Å². The molecule has 0 aliphatic carbocycles. The predicted octanol–water partition coefficient (Wildman–Crippen LogP) is -0.361. The molecule has 1 aliphatic heterocycles. The zero-order valence-corrected chi connectivity index (χ0v) is 11.2. The van der Waals surface area contributed by atoms with Gasteiger partial charge in [-0.3, -0.25) is 14.9 Å². The third-order valence-corrected chi connectivity index (χ3v) is 2.97. The van der Waals surface area contributed by atoms with Gasteiger partial charge in [-0.05, 0) is 18.2 Å². The molecule has 1 aromatic rings. The van der Waals surface area contributed by atoms with Crippen molar-refractivity contribution in [2.45, 2.75) is 6.04 Å². The maximum Gasteiger partial charge on any atom is 0.340 e. The number of carbonyl (C=O) groups excluding carboxylic acids is 3. The van der Waals surface area contributed by atoms with Gasteiger partial charge < -0.3 is 15.4 Å². The number of carbonyl (C=O) groups is 3. The number of nitrogens with one attached hydrogen (secondary N) is 3. The Morgan fingerprint density at radius 3 is 2.81 bits per heavy atom. The number of halogens is 1. The first-order valence-electron chi connectivity index (χ1n) is 6.20. The lowest BCUT2D eigenvalue weighted by atomic mass is 10.1. The van der Waals surface area contributed by atoms with Crippen LogP contribution in [0.15, 0.2) is 18.2 Å². The monoisotopic (exact) mass is 295 g/mol. The number of hydrogen-bond acceptors (Lipinski definition) is 5. The zero-order chi connectivity index (χ0) is 15.4. The van der Waals surface area contributed by atoms with Crippen molar-refractivity contribution >= 4 is 23.5 Å². The van der Waals surface area contributed by atoms with Gasteiger partial charge in [0.25, 0.3) is 0 Å². The van der Waals surface area contributed by atoms with Crippen LogP contribution in [-0.2, 0) is 14.3 Å². The summed E-state index contributed by atoms with van der Waals surface area (Å²) < 4.78 is 17.7. The summed E-state index contributed by atoms with van der Waals surface area (Å²) in [4.78, 5) is 34.6. The second-order valence-corrected chi connectivity index (χ2v) is 4.41. The van der Waals surface area contributed by atoms with Crippen molar-refractivity contribution in [2.75, 3.05) is 25.5 Å². The summed E-state index contributed by atoms with van der Waals surface area (Å²) in [7, 11) is 1.16. The Morgan fingerprint density at radius 1 is 1.43 bits per heavy atom. The zero-order valence-electron chi connectivity index (χ0n) is 11.2. The maximum absolute atomic E-state index is 13.2. The van der Waals surface area contributed by atoms with Gasteiger partial charge in [0.2, 0.25) is 11.8 Å². The van der Waals surface area contributed by atoms with E-state index >= 15 is 0 Å². The molecule has 1 unspecified atom stereocenters. The summed E-state index contributed by atoms with van der Waals surface area (Å²) >= 11 is 0.